The van der Waals surface area contributed by atoms with E-state index in [9.17, 15) is 0 Å². The van der Waals surface area contributed by atoms with E-state index < -0.39 is 8.07 Å². The van der Waals surface area contributed by atoms with E-state index >= 15 is 0 Å². The van der Waals surface area contributed by atoms with Crippen molar-refractivity contribution in [2.45, 2.75) is 38.9 Å². The third-order valence-electron chi connectivity index (χ3n) is 12.3. The van der Waals surface area contributed by atoms with Gasteiger partial charge in [0.2, 0.25) is 0 Å². The second kappa shape index (κ2) is 15.2. The van der Waals surface area contributed by atoms with Gasteiger partial charge in [0.05, 0.1) is 8.07 Å². The molecule has 0 bridgehead atoms. The molecule has 0 radical (unpaired) electrons. The summed E-state index contributed by atoms with van der Waals surface area (Å²) in [6.45, 7) is 12.0. The minimum atomic E-state index is -1.44. The molecule has 0 spiro atoms. The van der Waals surface area contributed by atoms with Crippen LogP contribution >= 0.6 is 0 Å². The summed E-state index contributed by atoms with van der Waals surface area (Å²) < 4.78 is 0. The van der Waals surface area contributed by atoms with Crippen LogP contribution in [0.2, 0.25) is 19.6 Å². The molecule has 61 heavy (non-hydrogen) atoms. The molecule has 0 saturated carbocycles. The fourth-order valence-electron chi connectivity index (χ4n) is 9.07. The molecule has 0 atom stereocenters. The van der Waals surface area contributed by atoms with Crippen LogP contribution in [0.25, 0.3) is 89.8 Å². The summed E-state index contributed by atoms with van der Waals surface area (Å²) in [6.07, 6.45) is 0. The molecule has 0 aliphatic heterocycles. The van der Waals surface area contributed by atoms with Crippen LogP contribution in [0.15, 0.2) is 194 Å². The van der Waals surface area contributed by atoms with Crippen molar-refractivity contribution in [2.24, 2.45) is 0 Å². The molecule has 10 rings (SSSR count). The summed E-state index contributed by atoms with van der Waals surface area (Å²) in [5.41, 5.74) is 17.4. The Bertz CT molecular complexity index is 2970. The average molecular weight is 802 g/mol. The van der Waals surface area contributed by atoms with Gasteiger partial charge in [0, 0.05) is 22.1 Å². The zero-order valence-corrected chi connectivity index (χ0v) is 36.3. The van der Waals surface area contributed by atoms with E-state index in [0.29, 0.717) is 17.5 Å². The molecular weight excluding hydrogens is 755 g/mol. The fraction of sp³-hybridized carbons (Fsp3) is 0.105. The molecule has 4 heteroatoms. The Morgan fingerprint density at radius 1 is 0.344 bits per heavy atom. The van der Waals surface area contributed by atoms with Crippen LogP contribution in [-0.2, 0) is 5.41 Å². The standard InChI is InChI=1S/C57H47N3Si/c1-57(2)51-28-13-12-27-50(51)52-48(33-34-49(53(52)57)40-29-31-47(32-30-40)61(3,4)5)43-23-16-26-46(37-43)56-59-54(44-24-14-21-41(35-44)38-17-8-6-9-18-38)58-55(60-56)45-25-15-22-42(36-45)39-19-10-7-11-20-39/h6-37H,1-5H3. The van der Waals surface area contributed by atoms with Crippen molar-refractivity contribution < 1.29 is 0 Å². The molecule has 0 saturated heterocycles. The molecule has 1 aliphatic carbocycles. The summed E-state index contributed by atoms with van der Waals surface area (Å²) in [5, 5.41) is 1.47. The van der Waals surface area contributed by atoms with Crippen molar-refractivity contribution in [3.63, 3.8) is 0 Å². The number of benzene rings is 8. The van der Waals surface area contributed by atoms with Crippen molar-refractivity contribution in [3.05, 3.63) is 205 Å². The van der Waals surface area contributed by atoms with Crippen molar-refractivity contribution in [1.29, 1.82) is 0 Å². The van der Waals surface area contributed by atoms with Crippen LogP contribution in [0.4, 0.5) is 0 Å². The molecular formula is C57H47N3Si. The molecule has 0 unspecified atom stereocenters. The van der Waals surface area contributed by atoms with Gasteiger partial charge in [0.1, 0.15) is 0 Å². The first-order chi connectivity index (χ1) is 29.6. The van der Waals surface area contributed by atoms with Crippen molar-refractivity contribution in [1.82, 2.24) is 15.0 Å². The summed E-state index contributed by atoms with van der Waals surface area (Å²) in [4.78, 5) is 15.7. The molecule has 0 N–H and O–H groups in total. The first kappa shape index (κ1) is 38.2. The number of aromatic nitrogens is 3. The maximum atomic E-state index is 5.24. The predicted molar refractivity (Wildman–Crippen MR) is 258 cm³/mol. The van der Waals surface area contributed by atoms with Crippen LogP contribution < -0.4 is 5.19 Å². The minimum absolute atomic E-state index is 0.188. The molecule has 9 aromatic rings. The zero-order chi connectivity index (χ0) is 41.7. The van der Waals surface area contributed by atoms with Crippen LogP contribution in [0.1, 0.15) is 25.0 Å². The highest BCUT2D eigenvalue weighted by Gasteiger charge is 2.39. The van der Waals surface area contributed by atoms with Gasteiger partial charge in [-0.05, 0) is 85.0 Å². The Kier molecular flexibility index (Phi) is 9.54. The lowest BCUT2D eigenvalue weighted by Crippen LogP contribution is -2.37. The lowest BCUT2D eigenvalue weighted by Gasteiger charge is -2.26. The lowest BCUT2D eigenvalue weighted by molar-refractivity contribution is 0.662. The smallest absolute Gasteiger partial charge is 0.164 e. The van der Waals surface area contributed by atoms with Gasteiger partial charge in [-0.2, -0.15) is 0 Å². The monoisotopic (exact) mass is 801 g/mol. The number of rotatable bonds is 8. The quantitative estimate of drug-likeness (QED) is 0.144. The van der Waals surface area contributed by atoms with Crippen molar-refractivity contribution in [3.8, 4) is 89.8 Å². The van der Waals surface area contributed by atoms with E-state index in [1.54, 1.807) is 0 Å². The molecule has 1 aliphatic rings. The van der Waals surface area contributed by atoms with E-state index in [4.69, 9.17) is 15.0 Å². The second-order valence-corrected chi connectivity index (χ2v) is 22.8. The SMILES string of the molecule is CC1(C)c2ccccc2-c2c(-c3cccc(-c4nc(-c5cccc(-c6ccccc6)c5)nc(-c5cccc(-c6ccccc6)c5)n4)c3)ccc(-c3ccc([Si](C)(C)C)cc3)c21. The van der Waals surface area contributed by atoms with Crippen molar-refractivity contribution >= 4 is 13.3 Å². The largest absolute Gasteiger partial charge is 0.208 e. The predicted octanol–water partition coefficient (Wildman–Crippen LogP) is 14.4. The number of nitrogens with zero attached hydrogens (tertiary/aromatic N) is 3. The highest BCUT2D eigenvalue weighted by molar-refractivity contribution is 6.88. The van der Waals surface area contributed by atoms with Gasteiger partial charge in [-0.15, -0.1) is 0 Å². The van der Waals surface area contributed by atoms with E-state index in [2.05, 4.69) is 215 Å². The molecule has 0 amide bonds. The van der Waals surface area contributed by atoms with Crippen LogP contribution in [0.3, 0.4) is 0 Å². The minimum Gasteiger partial charge on any atom is -0.208 e. The first-order valence-corrected chi connectivity index (χ1v) is 24.7. The average Bonchev–Trinajstić information content (AvgIpc) is 3.55. The van der Waals surface area contributed by atoms with Gasteiger partial charge in [-0.1, -0.05) is 215 Å². The van der Waals surface area contributed by atoms with Crippen LogP contribution in [0, 0.1) is 0 Å². The summed E-state index contributed by atoms with van der Waals surface area (Å²) in [5.74, 6) is 1.90. The van der Waals surface area contributed by atoms with Crippen molar-refractivity contribution in [2.75, 3.05) is 0 Å². The summed E-state index contributed by atoms with van der Waals surface area (Å²) >= 11 is 0. The first-order valence-electron chi connectivity index (χ1n) is 21.2. The second-order valence-electron chi connectivity index (χ2n) is 17.7. The molecule has 0 fully saturated rings. The molecule has 3 nitrogen and oxygen atoms in total. The van der Waals surface area contributed by atoms with E-state index in [0.717, 1.165) is 44.5 Å². The summed E-state index contributed by atoms with van der Waals surface area (Å²) in [6, 6.07) is 69.7. The molecule has 1 heterocycles. The van der Waals surface area contributed by atoms with E-state index in [1.807, 2.05) is 12.1 Å². The Labute approximate surface area is 360 Å². The van der Waals surface area contributed by atoms with Gasteiger partial charge in [0.25, 0.3) is 0 Å². The molecule has 294 valence electrons. The Hall–Kier alpha value is -7.01. The molecule has 8 aromatic carbocycles. The summed E-state index contributed by atoms with van der Waals surface area (Å²) in [7, 11) is -1.44. The van der Waals surface area contributed by atoms with Crippen LogP contribution in [0.5, 0.6) is 0 Å². The normalized spacial score (nSPS) is 12.8. The van der Waals surface area contributed by atoms with E-state index in [-0.39, 0.29) is 5.41 Å². The Morgan fingerprint density at radius 2 is 0.770 bits per heavy atom. The van der Waals surface area contributed by atoms with Gasteiger partial charge in [-0.25, -0.2) is 15.0 Å². The zero-order valence-electron chi connectivity index (χ0n) is 35.3. The Balaban J connectivity index is 1.13. The lowest BCUT2D eigenvalue weighted by atomic mass is 9.78. The number of fused-ring (bicyclic) bond motifs is 3. The van der Waals surface area contributed by atoms with Gasteiger partial charge < -0.3 is 0 Å². The van der Waals surface area contributed by atoms with Gasteiger partial charge in [-0.3, -0.25) is 0 Å². The van der Waals surface area contributed by atoms with Gasteiger partial charge in [0.15, 0.2) is 17.5 Å². The highest BCUT2D eigenvalue weighted by atomic mass is 28.3. The van der Waals surface area contributed by atoms with E-state index in [1.165, 1.54) is 44.1 Å². The topological polar surface area (TPSA) is 38.7 Å². The third kappa shape index (κ3) is 7.13. The van der Waals surface area contributed by atoms with Crippen LogP contribution in [-0.4, -0.2) is 23.0 Å². The van der Waals surface area contributed by atoms with Gasteiger partial charge >= 0.3 is 0 Å². The number of hydrogen-bond donors (Lipinski definition) is 0. The number of hydrogen-bond acceptors (Lipinski definition) is 3. The maximum absolute atomic E-state index is 5.24. The third-order valence-corrected chi connectivity index (χ3v) is 14.4. The highest BCUT2D eigenvalue weighted by Crippen LogP contribution is 2.55. The maximum Gasteiger partial charge on any atom is 0.164 e. The fourth-order valence-corrected chi connectivity index (χ4v) is 10.2. The Morgan fingerprint density at radius 3 is 1.30 bits per heavy atom. The molecule has 1 aromatic heterocycles.